The lowest BCUT2D eigenvalue weighted by atomic mass is 10.1. The molecule has 0 aliphatic heterocycles. The van der Waals surface area contributed by atoms with Crippen molar-refractivity contribution in [3.05, 3.63) is 32.2 Å². The molecule has 0 fully saturated rings. The van der Waals surface area contributed by atoms with Crippen LogP contribution >= 0.6 is 0 Å². The number of aryl methyl sites for hydroxylation is 2. The highest BCUT2D eigenvalue weighted by atomic mass is 16.3. The largest absolute Gasteiger partial charge is 0.444 e. The summed E-state index contributed by atoms with van der Waals surface area (Å²) in [4.78, 5) is 34.8. The van der Waals surface area contributed by atoms with Gasteiger partial charge in [0.15, 0.2) is 0 Å². The number of nitrogens with zero attached hydrogens (tertiary/aromatic N) is 2. The Bertz CT molecular complexity index is 763. The van der Waals surface area contributed by atoms with Crippen molar-refractivity contribution < 1.29 is 9.21 Å². The van der Waals surface area contributed by atoms with Crippen LogP contribution in [-0.2, 0) is 25.3 Å². The predicted octanol–water partition coefficient (Wildman–Crippen LogP) is -0.834. The summed E-state index contributed by atoms with van der Waals surface area (Å²) in [7, 11) is 2.88. The van der Waals surface area contributed by atoms with Gasteiger partial charge in [-0.15, -0.1) is 0 Å². The third kappa shape index (κ3) is 1.55. The van der Waals surface area contributed by atoms with Gasteiger partial charge in [0.05, 0.1) is 6.42 Å². The molecule has 0 bridgehead atoms. The second kappa shape index (κ2) is 3.86. The number of fused-ring (bicyclic) bond motifs is 1. The first-order chi connectivity index (χ1) is 8.34. The van der Waals surface area contributed by atoms with Crippen LogP contribution in [0, 0.1) is 6.92 Å². The maximum atomic E-state index is 12.1. The van der Waals surface area contributed by atoms with Crippen LogP contribution in [0.3, 0.4) is 0 Å². The number of primary amides is 1. The van der Waals surface area contributed by atoms with E-state index in [0.29, 0.717) is 11.3 Å². The molecular formula is C11H13N3O4. The van der Waals surface area contributed by atoms with E-state index < -0.39 is 17.2 Å². The van der Waals surface area contributed by atoms with E-state index in [-0.39, 0.29) is 17.5 Å². The van der Waals surface area contributed by atoms with Gasteiger partial charge in [-0.05, 0) is 6.92 Å². The van der Waals surface area contributed by atoms with Crippen molar-refractivity contribution in [2.75, 3.05) is 0 Å². The van der Waals surface area contributed by atoms with E-state index in [1.165, 1.54) is 18.7 Å². The lowest BCUT2D eigenvalue weighted by molar-refractivity contribution is -0.117. The fourth-order valence-corrected chi connectivity index (χ4v) is 1.97. The van der Waals surface area contributed by atoms with E-state index in [1.807, 2.05) is 0 Å². The number of amides is 1. The first-order valence-corrected chi connectivity index (χ1v) is 5.31. The molecule has 0 saturated heterocycles. The Hall–Kier alpha value is -2.31. The Morgan fingerprint density at radius 1 is 1.28 bits per heavy atom. The number of hydrogen-bond donors (Lipinski definition) is 1. The second-order valence-electron chi connectivity index (χ2n) is 4.17. The van der Waals surface area contributed by atoms with Crippen LogP contribution in [0.4, 0.5) is 0 Å². The Morgan fingerprint density at radius 2 is 1.89 bits per heavy atom. The molecule has 0 atom stereocenters. The quantitative estimate of drug-likeness (QED) is 0.752. The van der Waals surface area contributed by atoms with E-state index in [9.17, 15) is 14.4 Å². The Morgan fingerprint density at radius 3 is 2.44 bits per heavy atom. The fraction of sp³-hybridized carbons (Fsp3) is 0.364. The van der Waals surface area contributed by atoms with Gasteiger partial charge in [-0.3, -0.25) is 18.7 Å². The Kier molecular flexibility index (Phi) is 2.61. The Balaban J connectivity index is 2.99. The normalized spacial score (nSPS) is 11.1. The van der Waals surface area contributed by atoms with E-state index in [2.05, 4.69) is 0 Å². The molecule has 0 aromatic carbocycles. The van der Waals surface area contributed by atoms with Gasteiger partial charge in [0.2, 0.25) is 11.6 Å². The number of hydrogen-bond acceptors (Lipinski definition) is 4. The number of aromatic nitrogens is 2. The molecule has 0 unspecified atom stereocenters. The molecule has 2 aromatic heterocycles. The zero-order valence-electron chi connectivity index (χ0n) is 10.3. The van der Waals surface area contributed by atoms with Crippen molar-refractivity contribution in [2.24, 2.45) is 19.8 Å². The molecular weight excluding hydrogens is 238 g/mol. The number of carbonyl (C=O) groups is 1. The molecule has 7 nitrogen and oxygen atoms in total. The maximum Gasteiger partial charge on any atom is 0.333 e. The molecule has 0 aliphatic carbocycles. The van der Waals surface area contributed by atoms with Crippen LogP contribution in [0.2, 0.25) is 0 Å². The van der Waals surface area contributed by atoms with Crippen molar-refractivity contribution in [1.29, 1.82) is 0 Å². The lowest BCUT2D eigenvalue weighted by Gasteiger charge is -2.02. The van der Waals surface area contributed by atoms with Gasteiger partial charge in [-0.1, -0.05) is 0 Å². The van der Waals surface area contributed by atoms with Gasteiger partial charge in [0.25, 0.3) is 5.56 Å². The van der Waals surface area contributed by atoms with E-state index >= 15 is 0 Å². The molecule has 0 spiro atoms. The van der Waals surface area contributed by atoms with Crippen molar-refractivity contribution >= 4 is 17.0 Å². The molecule has 2 rings (SSSR count). The van der Waals surface area contributed by atoms with Crippen LogP contribution in [0.1, 0.15) is 11.3 Å². The Labute approximate surface area is 101 Å². The molecule has 2 heterocycles. The van der Waals surface area contributed by atoms with Gasteiger partial charge in [-0.2, -0.15) is 0 Å². The molecule has 96 valence electrons. The monoisotopic (exact) mass is 251 g/mol. The summed E-state index contributed by atoms with van der Waals surface area (Å²) >= 11 is 0. The third-order valence-electron chi connectivity index (χ3n) is 2.94. The lowest BCUT2D eigenvalue weighted by Crippen LogP contribution is -2.36. The number of carbonyl (C=O) groups excluding carboxylic acids is 1. The fourth-order valence-electron chi connectivity index (χ4n) is 1.97. The van der Waals surface area contributed by atoms with Crippen LogP contribution < -0.4 is 17.0 Å². The summed E-state index contributed by atoms with van der Waals surface area (Å²) in [6.07, 6.45) is -0.0910. The number of nitrogens with two attached hydrogens (primary N) is 1. The topological polar surface area (TPSA) is 100 Å². The average molecular weight is 251 g/mol. The van der Waals surface area contributed by atoms with Crippen LogP contribution in [0.15, 0.2) is 14.0 Å². The predicted molar refractivity (Wildman–Crippen MR) is 64.3 cm³/mol. The smallest absolute Gasteiger partial charge is 0.333 e. The standard InChI is InChI=1S/C11H13N3O4/c1-5-6(4-7(12)15)8-9(16)13(2)11(17)14(3)10(8)18-5/h4H2,1-3H3,(H2,12,15). The summed E-state index contributed by atoms with van der Waals surface area (Å²) < 4.78 is 7.59. The van der Waals surface area contributed by atoms with E-state index in [1.54, 1.807) is 6.92 Å². The zero-order valence-corrected chi connectivity index (χ0v) is 10.3. The zero-order chi connectivity index (χ0) is 13.6. The molecule has 0 radical (unpaired) electrons. The molecule has 18 heavy (non-hydrogen) atoms. The van der Waals surface area contributed by atoms with Gasteiger partial charge in [-0.25, -0.2) is 4.79 Å². The highest BCUT2D eigenvalue weighted by Gasteiger charge is 2.20. The third-order valence-corrected chi connectivity index (χ3v) is 2.94. The highest BCUT2D eigenvalue weighted by molar-refractivity contribution is 5.86. The van der Waals surface area contributed by atoms with Crippen LogP contribution in [0.25, 0.3) is 11.1 Å². The van der Waals surface area contributed by atoms with Gasteiger partial charge >= 0.3 is 5.69 Å². The highest BCUT2D eigenvalue weighted by Crippen LogP contribution is 2.21. The number of rotatable bonds is 2. The summed E-state index contributed by atoms with van der Waals surface area (Å²) in [6, 6.07) is 0. The van der Waals surface area contributed by atoms with Gasteiger partial charge in [0.1, 0.15) is 11.1 Å². The summed E-state index contributed by atoms with van der Waals surface area (Å²) in [5, 5.41) is 0.232. The van der Waals surface area contributed by atoms with Crippen LogP contribution in [-0.4, -0.2) is 15.0 Å². The van der Waals surface area contributed by atoms with Gasteiger partial charge in [0, 0.05) is 19.7 Å². The summed E-state index contributed by atoms with van der Waals surface area (Å²) in [6.45, 7) is 1.63. The van der Waals surface area contributed by atoms with Gasteiger partial charge < -0.3 is 10.2 Å². The first kappa shape index (κ1) is 12.2. The number of furan rings is 1. The SMILES string of the molecule is Cc1oc2c(c1CC(N)=O)c(=O)n(C)c(=O)n2C. The molecule has 0 saturated carbocycles. The first-order valence-electron chi connectivity index (χ1n) is 5.31. The van der Waals surface area contributed by atoms with Crippen molar-refractivity contribution in [3.8, 4) is 0 Å². The minimum absolute atomic E-state index is 0.0910. The molecule has 2 N–H and O–H groups in total. The molecule has 7 heteroatoms. The molecule has 1 amide bonds. The minimum Gasteiger partial charge on any atom is -0.444 e. The van der Waals surface area contributed by atoms with E-state index in [0.717, 1.165) is 4.57 Å². The maximum absolute atomic E-state index is 12.1. The van der Waals surface area contributed by atoms with E-state index in [4.69, 9.17) is 10.2 Å². The van der Waals surface area contributed by atoms with Crippen molar-refractivity contribution in [1.82, 2.24) is 9.13 Å². The summed E-state index contributed by atoms with van der Waals surface area (Å²) in [5.74, 6) is -0.140. The van der Waals surface area contributed by atoms with Crippen molar-refractivity contribution in [3.63, 3.8) is 0 Å². The second-order valence-corrected chi connectivity index (χ2v) is 4.17. The molecule has 0 aliphatic rings. The average Bonchev–Trinajstić information content (AvgIpc) is 2.61. The molecule has 2 aromatic rings. The summed E-state index contributed by atoms with van der Waals surface area (Å²) in [5.41, 5.74) is 4.78. The van der Waals surface area contributed by atoms with Crippen LogP contribution in [0.5, 0.6) is 0 Å². The minimum atomic E-state index is -0.559. The van der Waals surface area contributed by atoms with Crippen molar-refractivity contribution in [2.45, 2.75) is 13.3 Å².